The van der Waals surface area contributed by atoms with Crippen molar-refractivity contribution < 1.29 is 14.3 Å². The lowest BCUT2D eigenvalue weighted by Gasteiger charge is -2.13. The Morgan fingerprint density at radius 1 is 1.26 bits per heavy atom. The van der Waals surface area contributed by atoms with Gasteiger partial charge in [0.05, 0.1) is 0 Å². The zero-order valence-electron chi connectivity index (χ0n) is 16.8. The van der Waals surface area contributed by atoms with Gasteiger partial charge >= 0.3 is 0 Å². The standard InChI is InChI=1S/C22H21FN6O2/c1-13(14-5-3-2-4-6-14)7-8-25-21(30)16-9-15(11-26-22(16)31)19-17(23)10-18-20(24)27-12-28-29(18)19/h2-6,9-13H,7-8H2,1H3,(H,25,30)(H,26,31)(H2,24,27,28). The van der Waals surface area contributed by atoms with Crippen molar-refractivity contribution in [2.75, 3.05) is 12.3 Å². The number of hydrogen-bond acceptors (Lipinski definition) is 6. The molecular weight excluding hydrogens is 399 g/mol. The van der Waals surface area contributed by atoms with E-state index in [-0.39, 0.29) is 28.6 Å². The van der Waals surface area contributed by atoms with E-state index in [1.54, 1.807) is 0 Å². The van der Waals surface area contributed by atoms with Crippen molar-refractivity contribution in [2.24, 2.45) is 0 Å². The maximum atomic E-state index is 14.6. The Morgan fingerprint density at radius 2 is 2.03 bits per heavy atom. The molecule has 4 rings (SSSR count). The van der Waals surface area contributed by atoms with Crippen LogP contribution in [0.1, 0.15) is 35.2 Å². The summed E-state index contributed by atoms with van der Waals surface area (Å²) in [5.74, 6) is -1.15. The van der Waals surface area contributed by atoms with E-state index in [2.05, 4.69) is 27.3 Å². The van der Waals surface area contributed by atoms with Crippen molar-refractivity contribution in [1.29, 1.82) is 0 Å². The summed E-state index contributed by atoms with van der Waals surface area (Å²) in [7, 11) is 0. The number of anilines is 1. The third-order valence-electron chi connectivity index (χ3n) is 5.17. The number of nitrogen functional groups attached to an aromatic ring is 1. The molecule has 4 N–H and O–H groups in total. The van der Waals surface area contributed by atoms with Crippen molar-refractivity contribution in [3.63, 3.8) is 0 Å². The van der Waals surface area contributed by atoms with Crippen LogP contribution in [-0.4, -0.2) is 37.1 Å². The molecule has 0 aliphatic heterocycles. The number of nitrogens with one attached hydrogen (secondary N) is 1. The largest absolute Gasteiger partial charge is 0.493 e. The summed E-state index contributed by atoms with van der Waals surface area (Å²) < 4.78 is 15.9. The molecule has 1 unspecified atom stereocenters. The third-order valence-corrected chi connectivity index (χ3v) is 5.17. The van der Waals surface area contributed by atoms with Crippen LogP contribution in [0.5, 0.6) is 5.88 Å². The first-order chi connectivity index (χ1) is 15.0. The predicted molar refractivity (Wildman–Crippen MR) is 114 cm³/mol. The molecule has 9 heteroatoms. The van der Waals surface area contributed by atoms with Crippen LogP contribution < -0.4 is 11.1 Å². The maximum absolute atomic E-state index is 14.6. The van der Waals surface area contributed by atoms with Crippen molar-refractivity contribution in [2.45, 2.75) is 19.3 Å². The highest BCUT2D eigenvalue weighted by Crippen LogP contribution is 2.29. The summed E-state index contributed by atoms with van der Waals surface area (Å²) >= 11 is 0. The van der Waals surface area contributed by atoms with Crippen LogP contribution in [0.15, 0.2) is 55.0 Å². The monoisotopic (exact) mass is 420 g/mol. The predicted octanol–water partition coefficient (Wildman–Crippen LogP) is 3.14. The van der Waals surface area contributed by atoms with E-state index in [0.29, 0.717) is 12.1 Å². The number of nitrogens with two attached hydrogens (primary N) is 1. The van der Waals surface area contributed by atoms with Crippen LogP contribution in [0, 0.1) is 5.82 Å². The van der Waals surface area contributed by atoms with Crippen LogP contribution in [-0.2, 0) is 0 Å². The Kier molecular flexibility index (Phi) is 5.48. The van der Waals surface area contributed by atoms with Crippen LogP contribution in [0.25, 0.3) is 16.8 Å². The Hall–Kier alpha value is -4.01. The molecule has 1 aromatic carbocycles. The number of amides is 1. The topological polar surface area (TPSA) is 118 Å². The highest BCUT2D eigenvalue weighted by Gasteiger charge is 2.20. The number of pyridine rings is 1. The molecule has 1 amide bonds. The zero-order valence-corrected chi connectivity index (χ0v) is 16.8. The van der Waals surface area contributed by atoms with Crippen LogP contribution in [0.4, 0.5) is 10.2 Å². The first-order valence-electron chi connectivity index (χ1n) is 9.76. The van der Waals surface area contributed by atoms with E-state index >= 15 is 0 Å². The molecule has 4 aromatic rings. The number of carbonyl (C=O) groups excluding carboxylic acids is 1. The number of rotatable bonds is 6. The molecule has 0 bridgehead atoms. The molecule has 3 heterocycles. The van der Waals surface area contributed by atoms with E-state index in [1.807, 2.05) is 30.3 Å². The molecule has 0 aliphatic carbocycles. The van der Waals surface area contributed by atoms with Gasteiger partial charge in [-0.25, -0.2) is 18.9 Å². The minimum absolute atomic E-state index is 0.0544. The van der Waals surface area contributed by atoms with Crippen LogP contribution in [0.2, 0.25) is 0 Å². The van der Waals surface area contributed by atoms with Gasteiger partial charge in [0.15, 0.2) is 11.6 Å². The lowest BCUT2D eigenvalue weighted by Crippen LogP contribution is -2.25. The summed E-state index contributed by atoms with van der Waals surface area (Å²) in [4.78, 5) is 20.4. The first-order valence-corrected chi connectivity index (χ1v) is 9.76. The van der Waals surface area contributed by atoms with Crippen molar-refractivity contribution in [3.05, 3.63) is 71.9 Å². The fourth-order valence-corrected chi connectivity index (χ4v) is 3.44. The second-order valence-electron chi connectivity index (χ2n) is 7.23. The van der Waals surface area contributed by atoms with Gasteiger partial charge in [0, 0.05) is 24.4 Å². The number of aromatic nitrogens is 4. The fraction of sp³-hybridized carbons (Fsp3) is 0.182. The Morgan fingerprint density at radius 3 is 2.81 bits per heavy atom. The quantitative estimate of drug-likeness (QED) is 0.441. The van der Waals surface area contributed by atoms with E-state index in [4.69, 9.17) is 5.73 Å². The van der Waals surface area contributed by atoms with Gasteiger partial charge in [-0.1, -0.05) is 37.3 Å². The molecule has 1 atom stereocenters. The van der Waals surface area contributed by atoms with Gasteiger partial charge in [0.25, 0.3) is 5.91 Å². The Bertz CT molecular complexity index is 1240. The normalized spacial score (nSPS) is 12.1. The zero-order chi connectivity index (χ0) is 22.0. The number of carbonyl (C=O) groups is 1. The Balaban J connectivity index is 1.54. The average Bonchev–Trinajstić information content (AvgIpc) is 3.12. The van der Waals surface area contributed by atoms with Gasteiger partial charge in [-0.3, -0.25) is 4.79 Å². The average molecular weight is 420 g/mol. The number of aromatic hydroxyl groups is 1. The van der Waals surface area contributed by atoms with E-state index in [0.717, 1.165) is 6.42 Å². The fourth-order valence-electron chi connectivity index (χ4n) is 3.44. The van der Waals surface area contributed by atoms with E-state index in [1.165, 1.54) is 34.7 Å². The second-order valence-corrected chi connectivity index (χ2v) is 7.23. The summed E-state index contributed by atoms with van der Waals surface area (Å²) in [6, 6.07) is 12.6. The number of nitrogens with zero attached hydrogens (tertiary/aromatic N) is 4. The highest BCUT2D eigenvalue weighted by molar-refractivity contribution is 5.97. The maximum Gasteiger partial charge on any atom is 0.256 e. The smallest absolute Gasteiger partial charge is 0.256 e. The summed E-state index contributed by atoms with van der Waals surface area (Å²) in [6.45, 7) is 2.49. The number of hydrogen-bond donors (Lipinski definition) is 3. The molecule has 158 valence electrons. The molecular formula is C22H21FN6O2. The van der Waals surface area contributed by atoms with Crippen LogP contribution >= 0.6 is 0 Å². The van der Waals surface area contributed by atoms with Gasteiger partial charge in [-0.05, 0) is 24.0 Å². The van der Waals surface area contributed by atoms with Crippen molar-refractivity contribution >= 4 is 17.2 Å². The molecule has 31 heavy (non-hydrogen) atoms. The number of benzene rings is 1. The van der Waals surface area contributed by atoms with Gasteiger partial charge < -0.3 is 16.2 Å². The van der Waals surface area contributed by atoms with Crippen molar-refractivity contribution in [1.82, 2.24) is 24.9 Å². The SMILES string of the molecule is CC(CCNC(=O)c1cc(-c2c(F)cc3c(N)ncnn23)cnc1O)c1ccccc1. The van der Waals surface area contributed by atoms with Gasteiger partial charge in [0.2, 0.25) is 5.88 Å². The van der Waals surface area contributed by atoms with Gasteiger partial charge in [-0.15, -0.1) is 0 Å². The van der Waals surface area contributed by atoms with Crippen LogP contribution in [0.3, 0.4) is 0 Å². The van der Waals surface area contributed by atoms with Crippen molar-refractivity contribution in [3.8, 4) is 17.1 Å². The minimum Gasteiger partial charge on any atom is -0.493 e. The lowest BCUT2D eigenvalue weighted by atomic mass is 9.98. The molecule has 0 saturated carbocycles. The molecule has 0 aliphatic rings. The van der Waals surface area contributed by atoms with Gasteiger partial charge in [0.1, 0.15) is 23.1 Å². The minimum atomic E-state index is -0.595. The summed E-state index contributed by atoms with van der Waals surface area (Å²) in [5, 5.41) is 16.9. The molecule has 0 radical (unpaired) electrons. The molecule has 3 aromatic heterocycles. The lowest BCUT2D eigenvalue weighted by molar-refractivity contribution is 0.0949. The number of fused-ring (bicyclic) bond motifs is 1. The number of halogens is 1. The van der Waals surface area contributed by atoms with Gasteiger partial charge in [-0.2, -0.15) is 5.10 Å². The second kappa shape index (κ2) is 8.39. The summed E-state index contributed by atoms with van der Waals surface area (Å²) in [6.07, 6.45) is 3.20. The molecule has 0 fully saturated rings. The third kappa shape index (κ3) is 4.02. The first kappa shape index (κ1) is 20.3. The summed E-state index contributed by atoms with van der Waals surface area (Å²) in [5.41, 5.74) is 7.55. The Labute approximate surface area is 177 Å². The van der Waals surface area contributed by atoms with E-state index < -0.39 is 17.6 Å². The molecule has 0 saturated heterocycles. The molecule has 8 nitrogen and oxygen atoms in total. The van der Waals surface area contributed by atoms with E-state index in [9.17, 15) is 14.3 Å². The highest BCUT2D eigenvalue weighted by atomic mass is 19.1. The molecule has 0 spiro atoms.